The van der Waals surface area contributed by atoms with E-state index in [0.29, 0.717) is 10.9 Å². The van der Waals surface area contributed by atoms with E-state index in [-0.39, 0.29) is 0 Å². The molecule has 0 amide bonds. The number of nitrogens with zero attached hydrogens (tertiary/aromatic N) is 4. The first kappa shape index (κ1) is 17.4. The SMILES string of the molecule is O=c1c2ccc(N3CCN(CC4CCC4)CC3)cc2ncn1CC(F)F. The van der Waals surface area contributed by atoms with Crippen LogP contribution >= 0.6 is 0 Å². The first-order valence-electron chi connectivity index (χ1n) is 9.35. The molecule has 4 rings (SSSR count). The van der Waals surface area contributed by atoms with Gasteiger partial charge in [0.25, 0.3) is 12.0 Å². The molecule has 1 saturated heterocycles. The zero-order valence-corrected chi connectivity index (χ0v) is 14.8. The van der Waals surface area contributed by atoms with Crippen LogP contribution in [0.25, 0.3) is 10.9 Å². The van der Waals surface area contributed by atoms with Crippen LogP contribution in [-0.4, -0.2) is 53.6 Å². The molecule has 2 fully saturated rings. The Bertz CT molecular complexity index is 826. The molecular formula is C19H24F2N4O. The van der Waals surface area contributed by atoms with Crippen molar-refractivity contribution in [2.24, 2.45) is 5.92 Å². The highest BCUT2D eigenvalue weighted by Crippen LogP contribution is 2.28. The van der Waals surface area contributed by atoms with Gasteiger partial charge in [-0.1, -0.05) is 6.42 Å². The van der Waals surface area contributed by atoms with Crippen molar-refractivity contribution in [3.8, 4) is 0 Å². The minimum Gasteiger partial charge on any atom is -0.369 e. The lowest BCUT2D eigenvalue weighted by atomic mass is 9.85. The molecule has 0 bridgehead atoms. The van der Waals surface area contributed by atoms with Crippen molar-refractivity contribution in [1.82, 2.24) is 14.5 Å². The highest BCUT2D eigenvalue weighted by molar-refractivity contribution is 5.81. The van der Waals surface area contributed by atoms with Crippen LogP contribution in [-0.2, 0) is 6.54 Å². The number of aromatic nitrogens is 2. The standard InChI is InChI=1S/C19H24F2N4O/c20-18(21)12-25-13-22-17-10-15(4-5-16(17)19(25)26)24-8-6-23(7-9-24)11-14-2-1-3-14/h4-5,10,13-14,18H,1-3,6-9,11-12H2. The molecule has 2 aliphatic rings. The van der Waals surface area contributed by atoms with Gasteiger partial charge in [0, 0.05) is 38.4 Å². The number of benzene rings is 1. The lowest BCUT2D eigenvalue weighted by Crippen LogP contribution is -2.48. The summed E-state index contributed by atoms with van der Waals surface area (Å²) in [6.07, 6.45) is 2.78. The van der Waals surface area contributed by atoms with Gasteiger partial charge in [0.05, 0.1) is 23.8 Å². The summed E-state index contributed by atoms with van der Waals surface area (Å²) in [5, 5.41) is 0.389. The van der Waals surface area contributed by atoms with Crippen LogP contribution in [0.15, 0.2) is 29.3 Å². The Morgan fingerprint density at radius 3 is 2.58 bits per heavy atom. The summed E-state index contributed by atoms with van der Waals surface area (Å²) in [5.41, 5.74) is 1.20. The van der Waals surface area contributed by atoms with Gasteiger partial charge in [-0.25, -0.2) is 13.8 Å². The predicted molar refractivity (Wildman–Crippen MR) is 98.0 cm³/mol. The van der Waals surface area contributed by atoms with Gasteiger partial charge in [-0.3, -0.25) is 14.3 Å². The fourth-order valence-electron chi connectivity index (χ4n) is 3.85. The smallest absolute Gasteiger partial charge is 0.261 e. The number of anilines is 1. The van der Waals surface area contributed by atoms with Gasteiger partial charge in [-0.15, -0.1) is 0 Å². The topological polar surface area (TPSA) is 41.4 Å². The van der Waals surface area contributed by atoms with Crippen LogP contribution in [0.3, 0.4) is 0 Å². The van der Waals surface area contributed by atoms with Crippen LogP contribution in [0.5, 0.6) is 0 Å². The number of halogens is 2. The maximum atomic E-state index is 12.5. The molecule has 1 aromatic heterocycles. The third-order valence-electron chi connectivity index (χ3n) is 5.62. The number of hydrogen-bond donors (Lipinski definition) is 0. The van der Waals surface area contributed by atoms with Crippen molar-refractivity contribution in [2.75, 3.05) is 37.6 Å². The summed E-state index contributed by atoms with van der Waals surface area (Å²) in [5.74, 6) is 0.891. The van der Waals surface area contributed by atoms with Crippen LogP contribution in [0.2, 0.25) is 0 Å². The molecule has 140 valence electrons. The van der Waals surface area contributed by atoms with Crippen LogP contribution in [0, 0.1) is 5.92 Å². The van der Waals surface area contributed by atoms with Crippen molar-refractivity contribution in [1.29, 1.82) is 0 Å². The van der Waals surface area contributed by atoms with Crippen LogP contribution in [0.4, 0.5) is 14.5 Å². The summed E-state index contributed by atoms with van der Waals surface area (Å²) in [4.78, 5) is 21.4. The summed E-state index contributed by atoms with van der Waals surface area (Å²) in [6.45, 7) is 4.63. The minimum atomic E-state index is -2.57. The third kappa shape index (κ3) is 3.58. The number of alkyl halides is 2. The molecule has 2 aromatic rings. The Morgan fingerprint density at radius 2 is 1.92 bits per heavy atom. The molecule has 7 heteroatoms. The molecule has 1 aliphatic heterocycles. The molecule has 0 N–H and O–H groups in total. The molecule has 2 heterocycles. The predicted octanol–water partition coefficient (Wildman–Crippen LogP) is 2.58. The maximum absolute atomic E-state index is 12.5. The van der Waals surface area contributed by atoms with Crippen molar-refractivity contribution >= 4 is 16.6 Å². The second kappa shape index (κ2) is 7.31. The first-order valence-corrected chi connectivity index (χ1v) is 9.35. The highest BCUT2D eigenvalue weighted by atomic mass is 19.3. The number of hydrogen-bond acceptors (Lipinski definition) is 4. The maximum Gasteiger partial charge on any atom is 0.261 e. The van der Waals surface area contributed by atoms with E-state index < -0.39 is 18.5 Å². The second-order valence-corrected chi connectivity index (χ2v) is 7.38. The molecule has 0 atom stereocenters. The van der Waals surface area contributed by atoms with Crippen molar-refractivity contribution in [2.45, 2.75) is 32.2 Å². The van der Waals surface area contributed by atoms with E-state index in [0.717, 1.165) is 42.4 Å². The fraction of sp³-hybridized carbons (Fsp3) is 0.579. The van der Waals surface area contributed by atoms with Gasteiger partial charge in [0.1, 0.15) is 0 Å². The van der Waals surface area contributed by atoms with Crippen molar-refractivity contribution in [3.63, 3.8) is 0 Å². The van der Waals surface area contributed by atoms with Crippen molar-refractivity contribution < 1.29 is 8.78 Å². The number of fused-ring (bicyclic) bond motifs is 1. The van der Waals surface area contributed by atoms with Gasteiger partial charge in [0.2, 0.25) is 0 Å². The monoisotopic (exact) mass is 362 g/mol. The average molecular weight is 362 g/mol. The second-order valence-electron chi connectivity index (χ2n) is 7.38. The summed E-state index contributed by atoms with van der Waals surface area (Å²) in [6, 6.07) is 5.51. The quantitative estimate of drug-likeness (QED) is 0.820. The molecule has 26 heavy (non-hydrogen) atoms. The van der Waals surface area contributed by atoms with E-state index >= 15 is 0 Å². The molecule has 1 saturated carbocycles. The van der Waals surface area contributed by atoms with E-state index in [2.05, 4.69) is 14.8 Å². The van der Waals surface area contributed by atoms with Crippen LogP contribution in [0.1, 0.15) is 19.3 Å². The highest BCUT2D eigenvalue weighted by Gasteiger charge is 2.24. The van der Waals surface area contributed by atoms with Gasteiger partial charge >= 0.3 is 0 Å². The Hall–Kier alpha value is -2.02. The molecular weight excluding hydrogens is 338 g/mol. The summed E-state index contributed by atoms with van der Waals surface area (Å²) in [7, 11) is 0. The fourth-order valence-corrected chi connectivity index (χ4v) is 3.85. The van der Waals surface area contributed by atoms with E-state index in [1.165, 1.54) is 32.1 Å². The largest absolute Gasteiger partial charge is 0.369 e. The zero-order chi connectivity index (χ0) is 18.1. The minimum absolute atomic E-state index is 0.389. The lowest BCUT2D eigenvalue weighted by molar-refractivity contribution is 0.125. The molecule has 1 aromatic carbocycles. The average Bonchev–Trinajstić information content (AvgIpc) is 2.60. The van der Waals surface area contributed by atoms with Gasteiger partial charge in [-0.05, 0) is 37.0 Å². The first-order chi connectivity index (χ1) is 12.6. The molecule has 0 radical (unpaired) electrons. The number of rotatable bonds is 5. The van der Waals surface area contributed by atoms with E-state index in [1.807, 2.05) is 12.1 Å². The third-order valence-corrected chi connectivity index (χ3v) is 5.62. The normalized spacial score (nSPS) is 19.3. The lowest BCUT2D eigenvalue weighted by Gasteiger charge is -2.39. The van der Waals surface area contributed by atoms with Gasteiger partial charge in [-0.2, -0.15) is 0 Å². The Morgan fingerprint density at radius 1 is 1.15 bits per heavy atom. The van der Waals surface area contributed by atoms with Gasteiger partial charge < -0.3 is 4.90 Å². The van der Waals surface area contributed by atoms with Gasteiger partial charge in [0.15, 0.2) is 0 Å². The molecule has 0 spiro atoms. The number of piperazine rings is 1. The molecule has 0 unspecified atom stereocenters. The molecule has 1 aliphatic carbocycles. The van der Waals surface area contributed by atoms with E-state index in [4.69, 9.17) is 0 Å². The summed E-state index contributed by atoms with van der Waals surface area (Å²) < 4.78 is 26.1. The Balaban J connectivity index is 1.46. The zero-order valence-electron chi connectivity index (χ0n) is 14.8. The molecule has 5 nitrogen and oxygen atoms in total. The van der Waals surface area contributed by atoms with E-state index in [1.54, 1.807) is 6.07 Å². The Labute approximate surface area is 151 Å². The Kier molecular flexibility index (Phi) is 4.89. The van der Waals surface area contributed by atoms with Crippen molar-refractivity contribution in [3.05, 3.63) is 34.9 Å². The summed E-state index contributed by atoms with van der Waals surface area (Å²) >= 11 is 0. The van der Waals surface area contributed by atoms with E-state index in [9.17, 15) is 13.6 Å². The van der Waals surface area contributed by atoms with Crippen LogP contribution < -0.4 is 10.5 Å².